The Balaban J connectivity index is 2.52. The molecule has 1 heterocycles. The van der Waals surface area contributed by atoms with E-state index in [2.05, 4.69) is 5.32 Å². The first-order valence-corrected chi connectivity index (χ1v) is 7.38. The van der Waals surface area contributed by atoms with Gasteiger partial charge >= 0.3 is 18.0 Å². The van der Waals surface area contributed by atoms with E-state index >= 15 is 0 Å². The van der Waals surface area contributed by atoms with Crippen molar-refractivity contribution in [1.82, 2.24) is 10.2 Å². The second-order valence-corrected chi connectivity index (χ2v) is 5.35. The van der Waals surface area contributed by atoms with Crippen LogP contribution in [0, 0.1) is 5.92 Å². The van der Waals surface area contributed by atoms with Gasteiger partial charge in [0.2, 0.25) is 0 Å². The topological polar surface area (TPSA) is 95.9 Å². The van der Waals surface area contributed by atoms with Gasteiger partial charge in [-0.05, 0) is 32.1 Å². The van der Waals surface area contributed by atoms with E-state index in [0.717, 1.165) is 12.8 Å². The van der Waals surface area contributed by atoms with Crippen LogP contribution in [0.2, 0.25) is 0 Å². The lowest BCUT2D eigenvalue weighted by molar-refractivity contribution is -0.149. The van der Waals surface area contributed by atoms with E-state index < -0.39 is 12.0 Å². The van der Waals surface area contributed by atoms with Crippen LogP contribution in [-0.4, -0.2) is 53.7 Å². The van der Waals surface area contributed by atoms with E-state index in [1.54, 1.807) is 13.8 Å². The first-order valence-electron chi connectivity index (χ1n) is 7.38. The largest absolute Gasteiger partial charge is 0.481 e. The van der Waals surface area contributed by atoms with Crippen LogP contribution in [0.3, 0.4) is 0 Å². The quantitative estimate of drug-likeness (QED) is 0.719. The average molecular weight is 300 g/mol. The Labute approximate surface area is 124 Å². The van der Waals surface area contributed by atoms with E-state index in [1.165, 1.54) is 4.90 Å². The number of aliphatic carboxylic acids is 1. The first kappa shape index (κ1) is 17.3. The van der Waals surface area contributed by atoms with Crippen molar-refractivity contribution >= 4 is 18.0 Å². The second kappa shape index (κ2) is 8.49. The molecule has 0 aromatic carbocycles. The van der Waals surface area contributed by atoms with Crippen LogP contribution < -0.4 is 5.32 Å². The van der Waals surface area contributed by atoms with Gasteiger partial charge in [-0.3, -0.25) is 4.79 Å². The van der Waals surface area contributed by atoms with E-state index in [0.29, 0.717) is 19.6 Å². The fourth-order valence-corrected chi connectivity index (χ4v) is 2.39. The predicted octanol–water partition coefficient (Wildman–Crippen LogP) is 1.22. The summed E-state index contributed by atoms with van der Waals surface area (Å²) in [4.78, 5) is 36.1. The van der Waals surface area contributed by atoms with Gasteiger partial charge in [0, 0.05) is 19.5 Å². The summed E-state index contributed by atoms with van der Waals surface area (Å²) in [5, 5.41) is 11.4. The Kier molecular flexibility index (Phi) is 6.98. The van der Waals surface area contributed by atoms with Gasteiger partial charge in [-0.2, -0.15) is 0 Å². The van der Waals surface area contributed by atoms with E-state index in [1.807, 2.05) is 0 Å². The van der Waals surface area contributed by atoms with Crippen LogP contribution in [0.15, 0.2) is 0 Å². The van der Waals surface area contributed by atoms with E-state index in [9.17, 15) is 14.4 Å². The lowest BCUT2D eigenvalue weighted by atomic mass is 10.0. The van der Waals surface area contributed by atoms with Crippen molar-refractivity contribution in [2.75, 3.05) is 19.7 Å². The fourth-order valence-electron chi connectivity index (χ4n) is 2.39. The second-order valence-electron chi connectivity index (χ2n) is 5.35. The van der Waals surface area contributed by atoms with Crippen LogP contribution >= 0.6 is 0 Å². The molecular formula is C14H24N2O5. The zero-order valence-electron chi connectivity index (χ0n) is 12.6. The van der Waals surface area contributed by atoms with Gasteiger partial charge < -0.3 is 20.1 Å². The Bertz CT molecular complexity index is 386. The molecule has 7 heteroatoms. The molecule has 1 aliphatic rings. The van der Waals surface area contributed by atoms with Crippen LogP contribution in [0.4, 0.5) is 4.79 Å². The van der Waals surface area contributed by atoms with Gasteiger partial charge in [0.05, 0.1) is 6.61 Å². The number of amides is 2. The molecule has 7 nitrogen and oxygen atoms in total. The summed E-state index contributed by atoms with van der Waals surface area (Å²) in [7, 11) is 0. The average Bonchev–Trinajstić information content (AvgIpc) is 2.44. The van der Waals surface area contributed by atoms with Gasteiger partial charge in [-0.15, -0.1) is 0 Å². The molecule has 1 saturated heterocycles. The molecule has 2 N–H and O–H groups in total. The monoisotopic (exact) mass is 300 g/mol. The smallest absolute Gasteiger partial charge is 0.328 e. The number of carboxylic acids is 1. The van der Waals surface area contributed by atoms with Crippen molar-refractivity contribution in [3.05, 3.63) is 0 Å². The van der Waals surface area contributed by atoms with Crippen molar-refractivity contribution in [1.29, 1.82) is 0 Å². The molecule has 1 fully saturated rings. The Morgan fingerprint density at radius 2 is 2.10 bits per heavy atom. The lowest BCUT2D eigenvalue weighted by Gasteiger charge is -2.34. The molecule has 0 bridgehead atoms. The minimum atomic E-state index is -0.890. The molecule has 0 saturated carbocycles. The maximum atomic E-state index is 12.2. The maximum absolute atomic E-state index is 12.2. The summed E-state index contributed by atoms with van der Waals surface area (Å²) in [6.45, 7) is 4.58. The summed E-state index contributed by atoms with van der Waals surface area (Å²) in [5.74, 6) is -1.41. The van der Waals surface area contributed by atoms with Gasteiger partial charge in [0.1, 0.15) is 6.04 Å². The number of piperidine rings is 1. The number of urea groups is 1. The molecule has 1 aliphatic heterocycles. The molecule has 0 spiro atoms. The number of nitrogens with zero attached hydrogens (tertiary/aromatic N) is 1. The van der Waals surface area contributed by atoms with E-state index in [4.69, 9.17) is 9.84 Å². The number of carboxylic acid groups (broad SMARTS) is 1. The molecule has 0 aromatic heterocycles. The molecule has 0 radical (unpaired) electrons. The van der Waals surface area contributed by atoms with E-state index in [-0.39, 0.29) is 30.9 Å². The standard InChI is InChI=1S/C14H24N2O5/c1-3-21-13(19)11-6-4-5-7-16(11)14(20)15-9-10(2)8-12(17)18/h10-11H,3-9H2,1-2H3,(H,15,20)(H,17,18). The normalized spacial score (nSPS) is 19.7. The number of likely N-dealkylation sites (tertiary alicyclic amines) is 1. The zero-order chi connectivity index (χ0) is 15.8. The molecule has 0 aromatic rings. The first-order chi connectivity index (χ1) is 9.95. The molecule has 2 unspecified atom stereocenters. The molecular weight excluding hydrogens is 276 g/mol. The van der Waals surface area contributed by atoms with Gasteiger partial charge in [-0.25, -0.2) is 9.59 Å². The van der Waals surface area contributed by atoms with Crippen molar-refractivity contribution in [3.8, 4) is 0 Å². The number of rotatable bonds is 6. The Morgan fingerprint density at radius 3 is 2.71 bits per heavy atom. The van der Waals surface area contributed by atoms with Crippen molar-refractivity contribution in [2.45, 2.75) is 45.6 Å². The summed E-state index contributed by atoms with van der Waals surface area (Å²) < 4.78 is 5.00. The van der Waals surface area contributed by atoms with Gasteiger partial charge in [0.25, 0.3) is 0 Å². The number of ether oxygens (including phenoxy) is 1. The molecule has 2 amide bonds. The third-order valence-corrected chi connectivity index (χ3v) is 3.45. The molecule has 2 atom stereocenters. The highest BCUT2D eigenvalue weighted by atomic mass is 16.5. The molecule has 120 valence electrons. The number of hydrogen-bond acceptors (Lipinski definition) is 4. The highest BCUT2D eigenvalue weighted by Crippen LogP contribution is 2.18. The minimum Gasteiger partial charge on any atom is -0.481 e. The fraction of sp³-hybridized carbons (Fsp3) is 0.786. The van der Waals surface area contributed by atoms with Crippen LogP contribution in [0.25, 0.3) is 0 Å². The Hall–Kier alpha value is -1.79. The highest BCUT2D eigenvalue weighted by Gasteiger charge is 2.33. The molecule has 0 aliphatic carbocycles. The van der Waals surface area contributed by atoms with Crippen molar-refractivity contribution in [2.24, 2.45) is 5.92 Å². The molecule has 21 heavy (non-hydrogen) atoms. The predicted molar refractivity (Wildman–Crippen MR) is 75.8 cm³/mol. The maximum Gasteiger partial charge on any atom is 0.328 e. The third-order valence-electron chi connectivity index (χ3n) is 3.45. The number of esters is 1. The summed E-state index contributed by atoms with van der Waals surface area (Å²) >= 11 is 0. The summed E-state index contributed by atoms with van der Waals surface area (Å²) in [5.41, 5.74) is 0. The van der Waals surface area contributed by atoms with Crippen LogP contribution in [0.1, 0.15) is 39.5 Å². The minimum absolute atomic E-state index is 0.00157. The number of hydrogen-bond donors (Lipinski definition) is 2. The van der Waals surface area contributed by atoms with Gasteiger partial charge in [0.15, 0.2) is 0 Å². The third kappa shape index (κ3) is 5.61. The Morgan fingerprint density at radius 1 is 1.38 bits per heavy atom. The molecule has 1 rings (SSSR count). The number of carbonyl (C=O) groups is 3. The van der Waals surface area contributed by atoms with Crippen LogP contribution in [0.5, 0.6) is 0 Å². The summed E-state index contributed by atoms with van der Waals surface area (Å²) in [6, 6.07) is -0.863. The van der Waals surface area contributed by atoms with Crippen molar-refractivity contribution < 1.29 is 24.2 Å². The van der Waals surface area contributed by atoms with Gasteiger partial charge in [-0.1, -0.05) is 6.92 Å². The summed E-state index contributed by atoms with van der Waals surface area (Å²) in [6.07, 6.45) is 2.36. The van der Waals surface area contributed by atoms with Crippen molar-refractivity contribution in [3.63, 3.8) is 0 Å². The highest BCUT2D eigenvalue weighted by molar-refractivity contribution is 5.84. The van der Waals surface area contributed by atoms with Crippen LogP contribution in [-0.2, 0) is 14.3 Å². The SMILES string of the molecule is CCOC(=O)C1CCCCN1C(=O)NCC(C)CC(=O)O. The number of nitrogens with one attached hydrogen (secondary N) is 1. The lowest BCUT2D eigenvalue weighted by Crippen LogP contribution is -2.53. The zero-order valence-corrected chi connectivity index (χ0v) is 12.6. The number of carbonyl (C=O) groups excluding carboxylic acids is 2.